The van der Waals surface area contributed by atoms with Gasteiger partial charge in [-0.05, 0) is 75.6 Å². The number of rotatable bonds is 7. The summed E-state index contributed by atoms with van der Waals surface area (Å²) in [5, 5.41) is 6.11. The predicted molar refractivity (Wildman–Crippen MR) is 127 cm³/mol. The van der Waals surface area contributed by atoms with E-state index in [9.17, 15) is 4.79 Å². The highest BCUT2D eigenvalue weighted by Gasteiger charge is 2.43. The van der Waals surface area contributed by atoms with Crippen LogP contribution >= 0.6 is 0 Å². The van der Waals surface area contributed by atoms with Gasteiger partial charge in [0, 0.05) is 24.5 Å². The first kappa shape index (κ1) is 21.9. The minimum Gasteiger partial charge on any atom is -0.338 e. The van der Waals surface area contributed by atoms with E-state index >= 15 is 0 Å². The van der Waals surface area contributed by atoms with Crippen molar-refractivity contribution < 1.29 is 4.79 Å². The fourth-order valence-electron chi connectivity index (χ4n) is 6.14. The van der Waals surface area contributed by atoms with Gasteiger partial charge in [-0.15, -0.1) is 0 Å². The molecule has 3 atom stereocenters. The van der Waals surface area contributed by atoms with Crippen LogP contribution in [-0.2, 0) is 5.41 Å². The van der Waals surface area contributed by atoms with Crippen molar-refractivity contribution in [2.75, 3.05) is 26.7 Å². The smallest absolute Gasteiger partial charge is 0.314 e. The lowest BCUT2D eigenvalue weighted by Gasteiger charge is -2.38. The molecule has 1 saturated carbocycles. The number of piperidine rings is 1. The zero-order valence-electron chi connectivity index (χ0n) is 19.0. The van der Waals surface area contributed by atoms with Gasteiger partial charge in [0.25, 0.3) is 0 Å². The van der Waals surface area contributed by atoms with E-state index < -0.39 is 0 Å². The summed E-state index contributed by atoms with van der Waals surface area (Å²) in [6.45, 7) is 4.43. The van der Waals surface area contributed by atoms with Crippen molar-refractivity contribution >= 4 is 6.03 Å². The van der Waals surface area contributed by atoms with Gasteiger partial charge < -0.3 is 15.5 Å². The highest BCUT2D eigenvalue weighted by Crippen LogP contribution is 2.47. The lowest BCUT2D eigenvalue weighted by molar-refractivity contribution is 0.144. The van der Waals surface area contributed by atoms with Crippen molar-refractivity contribution in [2.24, 2.45) is 11.8 Å². The quantitative estimate of drug-likeness (QED) is 0.677. The zero-order valence-corrected chi connectivity index (χ0v) is 19.0. The summed E-state index contributed by atoms with van der Waals surface area (Å²) in [6, 6.07) is 22.2. The van der Waals surface area contributed by atoms with E-state index in [0.29, 0.717) is 19.0 Å². The second kappa shape index (κ2) is 9.86. The number of nitrogens with one attached hydrogen (secondary N) is 2. The van der Waals surface area contributed by atoms with Crippen molar-refractivity contribution in [1.29, 1.82) is 0 Å². The SMILES string of the molecule is CCNC(=O)NCC(C[C@@H]1CC2CCCN(C)[C@H]2C1)(c1ccccc1)c1ccccc1. The van der Waals surface area contributed by atoms with Crippen LogP contribution in [0.3, 0.4) is 0 Å². The molecule has 1 saturated heterocycles. The fourth-order valence-corrected chi connectivity index (χ4v) is 6.14. The lowest BCUT2D eigenvalue weighted by atomic mass is 9.68. The number of urea groups is 1. The monoisotopic (exact) mass is 419 g/mol. The summed E-state index contributed by atoms with van der Waals surface area (Å²) >= 11 is 0. The fraction of sp³-hybridized carbons (Fsp3) is 0.519. The summed E-state index contributed by atoms with van der Waals surface area (Å²) in [5.74, 6) is 1.48. The predicted octanol–water partition coefficient (Wildman–Crippen LogP) is 4.80. The van der Waals surface area contributed by atoms with Gasteiger partial charge in [-0.25, -0.2) is 4.79 Å². The van der Waals surface area contributed by atoms with Crippen molar-refractivity contribution in [1.82, 2.24) is 15.5 Å². The summed E-state index contributed by atoms with van der Waals surface area (Å²) < 4.78 is 0. The molecule has 2 aliphatic rings. The Morgan fingerprint density at radius 3 is 2.23 bits per heavy atom. The van der Waals surface area contributed by atoms with Crippen LogP contribution in [0.15, 0.2) is 60.7 Å². The molecule has 0 bridgehead atoms. The highest BCUT2D eigenvalue weighted by molar-refractivity contribution is 5.74. The van der Waals surface area contributed by atoms with Crippen molar-refractivity contribution in [3.63, 3.8) is 0 Å². The van der Waals surface area contributed by atoms with Crippen molar-refractivity contribution in [2.45, 2.75) is 50.5 Å². The average molecular weight is 420 g/mol. The molecule has 2 fully saturated rings. The average Bonchev–Trinajstić information content (AvgIpc) is 3.22. The number of carbonyl (C=O) groups excluding carboxylic acids is 1. The van der Waals surface area contributed by atoms with Gasteiger partial charge in [-0.3, -0.25) is 0 Å². The molecule has 0 spiro atoms. The molecule has 1 aliphatic heterocycles. The normalized spacial score (nSPS) is 23.9. The van der Waals surface area contributed by atoms with Gasteiger partial charge in [0.1, 0.15) is 0 Å². The van der Waals surface area contributed by atoms with Crippen LogP contribution in [0.4, 0.5) is 4.79 Å². The minimum atomic E-state index is -0.232. The Morgan fingerprint density at radius 1 is 1.00 bits per heavy atom. The Bertz CT molecular complexity index is 799. The van der Waals surface area contributed by atoms with Crippen LogP contribution in [0.1, 0.15) is 50.2 Å². The van der Waals surface area contributed by atoms with Gasteiger partial charge in [0.05, 0.1) is 0 Å². The van der Waals surface area contributed by atoms with E-state index in [4.69, 9.17) is 0 Å². The molecule has 31 heavy (non-hydrogen) atoms. The molecule has 1 unspecified atom stereocenters. The van der Waals surface area contributed by atoms with Gasteiger partial charge in [0.2, 0.25) is 0 Å². The molecule has 0 aromatic heterocycles. The molecule has 4 rings (SSSR count). The molecule has 4 nitrogen and oxygen atoms in total. The number of hydrogen-bond acceptors (Lipinski definition) is 2. The number of benzene rings is 2. The van der Waals surface area contributed by atoms with E-state index in [1.165, 1.54) is 43.4 Å². The maximum Gasteiger partial charge on any atom is 0.314 e. The first-order chi connectivity index (χ1) is 15.1. The van der Waals surface area contributed by atoms with E-state index in [-0.39, 0.29) is 11.4 Å². The van der Waals surface area contributed by atoms with Crippen molar-refractivity contribution in [3.05, 3.63) is 71.8 Å². The number of hydrogen-bond donors (Lipinski definition) is 2. The number of carbonyl (C=O) groups is 1. The molecule has 2 amide bonds. The molecule has 0 radical (unpaired) electrons. The minimum absolute atomic E-state index is 0.0847. The van der Waals surface area contributed by atoms with Gasteiger partial charge in [-0.2, -0.15) is 0 Å². The van der Waals surface area contributed by atoms with Crippen LogP contribution in [0.25, 0.3) is 0 Å². The maximum absolute atomic E-state index is 12.4. The number of nitrogens with zero attached hydrogens (tertiary/aromatic N) is 1. The van der Waals surface area contributed by atoms with Crippen LogP contribution < -0.4 is 10.6 Å². The molecule has 2 N–H and O–H groups in total. The largest absolute Gasteiger partial charge is 0.338 e. The molecule has 166 valence electrons. The lowest BCUT2D eigenvalue weighted by Crippen LogP contribution is -2.46. The molecule has 2 aromatic carbocycles. The Morgan fingerprint density at radius 2 is 1.65 bits per heavy atom. The van der Waals surface area contributed by atoms with E-state index in [1.54, 1.807) is 0 Å². The number of amides is 2. The molecule has 1 heterocycles. The molecular weight excluding hydrogens is 382 g/mol. The van der Waals surface area contributed by atoms with Crippen molar-refractivity contribution in [3.8, 4) is 0 Å². The highest BCUT2D eigenvalue weighted by atomic mass is 16.2. The summed E-state index contributed by atoms with van der Waals surface area (Å²) in [7, 11) is 2.30. The second-order valence-electron chi connectivity index (χ2n) is 9.52. The Hall–Kier alpha value is -2.33. The van der Waals surface area contributed by atoms with Crippen LogP contribution in [0, 0.1) is 11.8 Å². The van der Waals surface area contributed by atoms with Gasteiger partial charge in [-0.1, -0.05) is 60.7 Å². The molecule has 1 aliphatic carbocycles. The standard InChI is InChI=1S/C27H37N3O/c1-3-28-26(31)29-20-27(23-12-6-4-7-13-23,24-14-8-5-9-15-24)19-21-17-22-11-10-16-30(2)25(22)18-21/h4-9,12-15,21-22,25H,3,10-11,16-20H2,1-2H3,(H2,28,29,31)/t21-,22?,25+/m1/s1. The molecule has 4 heteroatoms. The van der Waals surface area contributed by atoms with E-state index in [2.05, 4.69) is 83.2 Å². The van der Waals surface area contributed by atoms with Gasteiger partial charge in [0.15, 0.2) is 0 Å². The van der Waals surface area contributed by atoms with Crippen LogP contribution in [0.2, 0.25) is 0 Å². The Labute approximate surface area is 187 Å². The first-order valence-electron chi connectivity index (χ1n) is 12.0. The third kappa shape index (κ3) is 4.79. The molecule has 2 aromatic rings. The second-order valence-corrected chi connectivity index (χ2v) is 9.52. The first-order valence-corrected chi connectivity index (χ1v) is 12.0. The van der Waals surface area contributed by atoms with E-state index in [1.807, 2.05) is 6.92 Å². The van der Waals surface area contributed by atoms with Crippen LogP contribution in [-0.4, -0.2) is 43.7 Å². The molecular formula is C27H37N3O. The van der Waals surface area contributed by atoms with E-state index in [0.717, 1.165) is 18.4 Å². The summed E-state index contributed by atoms with van der Waals surface area (Å²) in [4.78, 5) is 15.0. The number of fused-ring (bicyclic) bond motifs is 1. The third-order valence-electron chi connectivity index (χ3n) is 7.58. The Kier molecular flexibility index (Phi) is 6.96. The zero-order chi connectivity index (χ0) is 21.7. The summed E-state index contributed by atoms with van der Waals surface area (Å²) in [6.07, 6.45) is 6.33. The maximum atomic E-state index is 12.4. The van der Waals surface area contributed by atoms with Crippen LogP contribution in [0.5, 0.6) is 0 Å². The number of likely N-dealkylation sites (tertiary alicyclic amines) is 1. The summed E-state index contributed by atoms with van der Waals surface area (Å²) in [5.41, 5.74) is 2.35. The van der Waals surface area contributed by atoms with Gasteiger partial charge >= 0.3 is 6.03 Å². The Balaban J connectivity index is 1.68. The third-order valence-corrected chi connectivity index (χ3v) is 7.58. The topological polar surface area (TPSA) is 44.4 Å².